The number of benzene rings is 1. The Labute approximate surface area is 116 Å². The molecule has 0 radical (unpaired) electrons. The number of rotatable bonds is 4. The zero-order valence-corrected chi connectivity index (χ0v) is 11.2. The van der Waals surface area contributed by atoms with Crippen LogP contribution < -0.4 is 5.32 Å². The number of imidazole rings is 1. The quantitative estimate of drug-likeness (QED) is 0.930. The van der Waals surface area contributed by atoms with Gasteiger partial charge in [0, 0.05) is 11.7 Å². The van der Waals surface area contributed by atoms with Crippen LogP contribution in [0.25, 0.3) is 5.69 Å². The highest BCUT2D eigenvalue weighted by atomic mass is 19.1. The summed E-state index contributed by atoms with van der Waals surface area (Å²) in [5.41, 5.74) is 1.18. The molecule has 4 nitrogen and oxygen atoms in total. The predicted molar refractivity (Wildman–Crippen MR) is 73.2 cm³/mol. The topological polar surface area (TPSA) is 46.9 Å². The molecule has 1 fully saturated rings. The second-order valence-corrected chi connectivity index (χ2v) is 5.22. The largest absolute Gasteiger partial charge is 0.348 e. The molecule has 104 valence electrons. The fourth-order valence-corrected chi connectivity index (χ4v) is 2.27. The minimum Gasteiger partial charge on any atom is -0.348 e. The third-order valence-electron chi connectivity index (χ3n) is 3.66. The van der Waals surface area contributed by atoms with Crippen LogP contribution >= 0.6 is 0 Å². The molecule has 1 aromatic carbocycles. The van der Waals surface area contributed by atoms with Gasteiger partial charge in [-0.1, -0.05) is 0 Å². The third kappa shape index (κ3) is 2.57. The van der Waals surface area contributed by atoms with Crippen LogP contribution in [0, 0.1) is 11.7 Å². The lowest BCUT2D eigenvalue weighted by atomic mass is 10.2. The molecule has 0 aliphatic heterocycles. The maximum atomic E-state index is 13.0. The van der Waals surface area contributed by atoms with E-state index in [1.54, 1.807) is 23.0 Å². The summed E-state index contributed by atoms with van der Waals surface area (Å²) in [6, 6.07) is 6.16. The number of aromatic nitrogens is 2. The Balaban J connectivity index is 1.82. The number of amides is 1. The Morgan fingerprint density at radius 3 is 2.75 bits per heavy atom. The van der Waals surface area contributed by atoms with Crippen LogP contribution in [0.15, 0.2) is 36.8 Å². The van der Waals surface area contributed by atoms with E-state index in [1.807, 2.05) is 6.92 Å². The Bertz CT molecular complexity index is 616. The molecule has 5 heteroatoms. The SMILES string of the molecule is C[C@@H](NC(=O)c1cncn1-c1ccc(F)cc1)C1CC1. The van der Waals surface area contributed by atoms with Crippen LogP contribution in [-0.2, 0) is 0 Å². The molecular weight excluding hydrogens is 257 g/mol. The molecule has 1 saturated carbocycles. The van der Waals surface area contributed by atoms with Crippen LogP contribution in [-0.4, -0.2) is 21.5 Å². The lowest BCUT2D eigenvalue weighted by molar-refractivity contribution is 0.0929. The Morgan fingerprint density at radius 2 is 2.10 bits per heavy atom. The van der Waals surface area contributed by atoms with Gasteiger partial charge in [-0.25, -0.2) is 9.37 Å². The van der Waals surface area contributed by atoms with E-state index in [-0.39, 0.29) is 17.8 Å². The molecule has 2 aromatic rings. The molecule has 1 heterocycles. The number of nitrogens with zero attached hydrogens (tertiary/aromatic N) is 2. The standard InChI is InChI=1S/C15H16FN3O/c1-10(11-2-3-11)18-15(20)14-8-17-9-19(14)13-6-4-12(16)5-7-13/h4-11H,2-3H2,1H3,(H,18,20)/t10-/m1/s1. The first-order valence-electron chi connectivity index (χ1n) is 6.74. The van der Waals surface area contributed by atoms with E-state index in [0.717, 1.165) is 0 Å². The van der Waals surface area contributed by atoms with Crippen molar-refractivity contribution in [2.75, 3.05) is 0 Å². The number of hydrogen-bond donors (Lipinski definition) is 1. The van der Waals surface area contributed by atoms with Gasteiger partial charge in [0.2, 0.25) is 0 Å². The number of halogens is 1. The van der Waals surface area contributed by atoms with Crippen molar-refractivity contribution in [2.24, 2.45) is 5.92 Å². The molecule has 1 atom stereocenters. The minimum atomic E-state index is -0.303. The number of carbonyl (C=O) groups is 1. The molecule has 1 N–H and O–H groups in total. The van der Waals surface area contributed by atoms with Crippen molar-refractivity contribution in [1.29, 1.82) is 0 Å². The van der Waals surface area contributed by atoms with Gasteiger partial charge in [-0.2, -0.15) is 0 Å². The lowest BCUT2D eigenvalue weighted by Crippen LogP contribution is -2.35. The molecule has 0 unspecified atom stereocenters. The first-order chi connectivity index (χ1) is 9.65. The average Bonchev–Trinajstić information content (AvgIpc) is 3.17. The van der Waals surface area contributed by atoms with Gasteiger partial charge < -0.3 is 5.32 Å². The summed E-state index contributed by atoms with van der Waals surface area (Å²) in [5, 5.41) is 2.99. The average molecular weight is 273 g/mol. The molecular formula is C15H16FN3O. The summed E-state index contributed by atoms with van der Waals surface area (Å²) in [7, 11) is 0. The molecule has 20 heavy (non-hydrogen) atoms. The molecule has 0 saturated heterocycles. The Kier molecular flexibility index (Phi) is 3.26. The summed E-state index contributed by atoms with van der Waals surface area (Å²) in [6.45, 7) is 2.02. The predicted octanol–water partition coefficient (Wildman–Crippen LogP) is 2.54. The van der Waals surface area contributed by atoms with Crippen LogP contribution in [0.3, 0.4) is 0 Å². The van der Waals surface area contributed by atoms with Crippen LogP contribution in [0.2, 0.25) is 0 Å². The molecule has 0 bridgehead atoms. The van der Waals surface area contributed by atoms with Gasteiger partial charge >= 0.3 is 0 Å². The molecule has 1 aliphatic rings. The molecule has 0 spiro atoms. The van der Waals surface area contributed by atoms with Crippen molar-refractivity contribution in [1.82, 2.24) is 14.9 Å². The monoisotopic (exact) mass is 273 g/mol. The van der Waals surface area contributed by atoms with Gasteiger partial charge in [0.15, 0.2) is 0 Å². The van der Waals surface area contributed by atoms with Gasteiger partial charge in [0.25, 0.3) is 5.91 Å². The number of carbonyl (C=O) groups excluding carboxylic acids is 1. The Morgan fingerprint density at radius 1 is 1.40 bits per heavy atom. The van der Waals surface area contributed by atoms with E-state index in [2.05, 4.69) is 10.3 Å². The first-order valence-corrected chi connectivity index (χ1v) is 6.74. The van der Waals surface area contributed by atoms with E-state index in [9.17, 15) is 9.18 Å². The zero-order chi connectivity index (χ0) is 14.1. The second-order valence-electron chi connectivity index (χ2n) is 5.22. The normalized spacial score (nSPS) is 15.9. The van der Waals surface area contributed by atoms with Crippen molar-refractivity contribution in [3.8, 4) is 5.69 Å². The lowest BCUT2D eigenvalue weighted by Gasteiger charge is -2.14. The van der Waals surface area contributed by atoms with Crippen LogP contribution in [0.5, 0.6) is 0 Å². The first kappa shape index (κ1) is 12.8. The van der Waals surface area contributed by atoms with Gasteiger partial charge in [0.05, 0.1) is 12.5 Å². The van der Waals surface area contributed by atoms with Crippen molar-refractivity contribution in [3.05, 3.63) is 48.3 Å². The van der Waals surface area contributed by atoms with Crippen LogP contribution in [0.4, 0.5) is 4.39 Å². The minimum absolute atomic E-state index is 0.147. The van der Waals surface area contributed by atoms with Crippen LogP contribution in [0.1, 0.15) is 30.3 Å². The van der Waals surface area contributed by atoms with Crippen molar-refractivity contribution >= 4 is 5.91 Å². The Hall–Kier alpha value is -2.17. The molecule has 3 rings (SSSR count). The highest BCUT2D eigenvalue weighted by molar-refractivity contribution is 5.93. The molecule has 1 aromatic heterocycles. The highest BCUT2D eigenvalue weighted by Gasteiger charge is 2.29. The third-order valence-corrected chi connectivity index (χ3v) is 3.66. The van der Waals surface area contributed by atoms with Crippen molar-refractivity contribution in [2.45, 2.75) is 25.8 Å². The smallest absolute Gasteiger partial charge is 0.270 e. The van der Waals surface area contributed by atoms with Crippen molar-refractivity contribution < 1.29 is 9.18 Å². The maximum Gasteiger partial charge on any atom is 0.270 e. The number of hydrogen-bond acceptors (Lipinski definition) is 2. The fraction of sp³-hybridized carbons (Fsp3) is 0.333. The van der Waals surface area contributed by atoms with Gasteiger partial charge in [-0.15, -0.1) is 0 Å². The van der Waals surface area contributed by atoms with E-state index in [0.29, 0.717) is 17.3 Å². The van der Waals surface area contributed by atoms with Crippen molar-refractivity contribution in [3.63, 3.8) is 0 Å². The summed E-state index contributed by atoms with van der Waals surface area (Å²) in [4.78, 5) is 16.3. The van der Waals surface area contributed by atoms with Gasteiger partial charge in [-0.05, 0) is 49.9 Å². The fourth-order valence-electron chi connectivity index (χ4n) is 2.27. The van der Waals surface area contributed by atoms with Gasteiger partial charge in [0.1, 0.15) is 11.5 Å². The summed E-state index contributed by atoms with van der Waals surface area (Å²) in [5.74, 6) is 0.148. The number of nitrogens with one attached hydrogen (secondary N) is 1. The highest BCUT2D eigenvalue weighted by Crippen LogP contribution is 2.32. The second kappa shape index (κ2) is 5.07. The zero-order valence-electron chi connectivity index (χ0n) is 11.2. The van der Waals surface area contributed by atoms with E-state index < -0.39 is 0 Å². The summed E-state index contributed by atoms with van der Waals surface area (Å²) < 4.78 is 14.6. The van der Waals surface area contributed by atoms with E-state index in [1.165, 1.54) is 31.2 Å². The van der Waals surface area contributed by atoms with E-state index in [4.69, 9.17) is 0 Å². The molecule has 1 amide bonds. The summed E-state index contributed by atoms with van der Waals surface area (Å²) in [6.07, 6.45) is 5.44. The maximum absolute atomic E-state index is 13.0. The van der Waals surface area contributed by atoms with E-state index >= 15 is 0 Å². The molecule has 1 aliphatic carbocycles. The van der Waals surface area contributed by atoms with Gasteiger partial charge in [-0.3, -0.25) is 9.36 Å². The summed E-state index contributed by atoms with van der Waals surface area (Å²) >= 11 is 0.